The molecule has 0 aliphatic carbocycles. The topological polar surface area (TPSA) is 46.9 Å². The fourth-order valence-corrected chi connectivity index (χ4v) is 2.63. The first-order chi connectivity index (χ1) is 9.26. The maximum atomic E-state index is 10.1. The molecule has 1 heterocycles. The van der Waals surface area contributed by atoms with E-state index in [1.165, 1.54) is 0 Å². The summed E-state index contributed by atoms with van der Waals surface area (Å²) >= 11 is 0. The molecular formula is C15H24N2O2. The van der Waals surface area contributed by atoms with E-state index in [1.54, 1.807) is 0 Å². The SMILES string of the molecule is CCC(O)c1ccccc1N1CCN(CCO)CC1. The van der Waals surface area contributed by atoms with Crippen molar-refractivity contribution in [1.82, 2.24) is 4.90 Å². The molecule has 1 unspecified atom stereocenters. The summed E-state index contributed by atoms with van der Waals surface area (Å²) in [5.41, 5.74) is 2.18. The van der Waals surface area contributed by atoms with Crippen LogP contribution in [0.2, 0.25) is 0 Å². The number of benzene rings is 1. The molecule has 1 atom stereocenters. The monoisotopic (exact) mass is 264 g/mol. The maximum Gasteiger partial charge on any atom is 0.0807 e. The summed E-state index contributed by atoms with van der Waals surface area (Å²) < 4.78 is 0. The fourth-order valence-electron chi connectivity index (χ4n) is 2.63. The van der Waals surface area contributed by atoms with Gasteiger partial charge >= 0.3 is 0 Å². The molecule has 2 N–H and O–H groups in total. The Labute approximate surface area is 115 Å². The van der Waals surface area contributed by atoms with Gasteiger partial charge in [-0.25, -0.2) is 0 Å². The van der Waals surface area contributed by atoms with Gasteiger partial charge in [-0.2, -0.15) is 0 Å². The van der Waals surface area contributed by atoms with Crippen molar-refractivity contribution in [3.8, 4) is 0 Å². The van der Waals surface area contributed by atoms with Crippen LogP contribution < -0.4 is 4.90 Å². The zero-order chi connectivity index (χ0) is 13.7. The van der Waals surface area contributed by atoms with E-state index in [0.29, 0.717) is 0 Å². The van der Waals surface area contributed by atoms with E-state index in [2.05, 4.69) is 15.9 Å². The second-order valence-corrected chi connectivity index (χ2v) is 5.04. The minimum atomic E-state index is -0.383. The van der Waals surface area contributed by atoms with Crippen LogP contribution in [0.3, 0.4) is 0 Å². The average molecular weight is 264 g/mol. The van der Waals surface area contributed by atoms with Gasteiger partial charge in [0.05, 0.1) is 12.7 Å². The van der Waals surface area contributed by atoms with Gasteiger partial charge in [-0.05, 0) is 12.5 Å². The lowest BCUT2D eigenvalue weighted by Crippen LogP contribution is -2.47. The second kappa shape index (κ2) is 6.89. The molecule has 0 saturated carbocycles. The van der Waals surface area contributed by atoms with Crippen LogP contribution in [0.25, 0.3) is 0 Å². The van der Waals surface area contributed by atoms with Crippen molar-refractivity contribution >= 4 is 5.69 Å². The van der Waals surface area contributed by atoms with Crippen molar-refractivity contribution in [2.24, 2.45) is 0 Å². The van der Waals surface area contributed by atoms with Gasteiger partial charge in [-0.3, -0.25) is 4.90 Å². The second-order valence-electron chi connectivity index (χ2n) is 5.04. The Morgan fingerprint density at radius 3 is 2.47 bits per heavy atom. The van der Waals surface area contributed by atoms with E-state index in [1.807, 2.05) is 25.1 Å². The van der Waals surface area contributed by atoms with Crippen LogP contribution in [0.4, 0.5) is 5.69 Å². The Hall–Kier alpha value is -1.10. The van der Waals surface area contributed by atoms with E-state index in [4.69, 9.17) is 5.11 Å². The number of piperazine rings is 1. The van der Waals surface area contributed by atoms with Gasteiger partial charge in [0.1, 0.15) is 0 Å². The molecule has 1 aliphatic heterocycles. The number of aliphatic hydroxyl groups excluding tert-OH is 2. The molecule has 1 aliphatic rings. The van der Waals surface area contributed by atoms with Crippen molar-refractivity contribution < 1.29 is 10.2 Å². The fraction of sp³-hybridized carbons (Fsp3) is 0.600. The molecule has 0 amide bonds. The average Bonchev–Trinajstić information content (AvgIpc) is 2.47. The third kappa shape index (κ3) is 3.47. The summed E-state index contributed by atoms with van der Waals surface area (Å²) in [6.07, 6.45) is 0.355. The summed E-state index contributed by atoms with van der Waals surface area (Å²) in [5, 5.41) is 19.1. The van der Waals surface area contributed by atoms with Gasteiger partial charge in [-0.15, -0.1) is 0 Å². The van der Waals surface area contributed by atoms with Crippen LogP contribution in [0.5, 0.6) is 0 Å². The molecule has 0 bridgehead atoms. The van der Waals surface area contributed by atoms with E-state index >= 15 is 0 Å². The summed E-state index contributed by atoms with van der Waals surface area (Å²) in [6.45, 7) is 6.83. The zero-order valence-corrected chi connectivity index (χ0v) is 11.6. The first-order valence-corrected chi connectivity index (χ1v) is 7.11. The normalized spacial score (nSPS) is 18.6. The third-order valence-electron chi connectivity index (χ3n) is 3.81. The van der Waals surface area contributed by atoms with E-state index < -0.39 is 0 Å². The number of hydrogen-bond acceptors (Lipinski definition) is 4. The first kappa shape index (κ1) is 14.3. The Morgan fingerprint density at radius 1 is 1.16 bits per heavy atom. The highest BCUT2D eigenvalue weighted by atomic mass is 16.3. The summed E-state index contributed by atoms with van der Waals surface area (Å²) in [6, 6.07) is 8.13. The highest BCUT2D eigenvalue weighted by Crippen LogP contribution is 2.28. The van der Waals surface area contributed by atoms with Gasteiger partial charge in [0.2, 0.25) is 0 Å². The van der Waals surface area contributed by atoms with E-state index in [0.717, 1.165) is 50.4 Å². The molecule has 0 radical (unpaired) electrons. The highest BCUT2D eigenvalue weighted by molar-refractivity contribution is 5.55. The summed E-state index contributed by atoms with van der Waals surface area (Å²) in [5.74, 6) is 0. The molecular weight excluding hydrogens is 240 g/mol. The quantitative estimate of drug-likeness (QED) is 0.840. The van der Waals surface area contributed by atoms with Crippen LogP contribution in [-0.4, -0.2) is 54.4 Å². The Balaban J connectivity index is 2.07. The Kier molecular flexibility index (Phi) is 5.19. The molecule has 4 heteroatoms. The molecule has 4 nitrogen and oxygen atoms in total. The molecule has 106 valence electrons. The maximum absolute atomic E-state index is 10.1. The van der Waals surface area contributed by atoms with Gasteiger partial charge in [0.15, 0.2) is 0 Å². The summed E-state index contributed by atoms with van der Waals surface area (Å²) in [4.78, 5) is 4.61. The predicted octanol–water partition coefficient (Wildman–Crippen LogP) is 1.24. The smallest absolute Gasteiger partial charge is 0.0807 e. The molecule has 1 fully saturated rings. The van der Waals surface area contributed by atoms with Crippen LogP contribution in [0.15, 0.2) is 24.3 Å². The van der Waals surface area contributed by atoms with Crippen molar-refractivity contribution in [2.45, 2.75) is 19.4 Å². The largest absolute Gasteiger partial charge is 0.395 e. The van der Waals surface area contributed by atoms with Crippen LogP contribution in [0, 0.1) is 0 Å². The first-order valence-electron chi connectivity index (χ1n) is 7.11. The third-order valence-corrected chi connectivity index (χ3v) is 3.81. The molecule has 0 spiro atoms. The summed E-state index contributed by atoms with van der Waals surface area (Å²) in [7, 11) is 0. The van der Waals surface area contributed by atoms with E-state index in [9.17, 15) is 5.11 Å². The molecule has 1 saturated heterocycles. The van der Waals surface area contributed by atoms with Gasteiger partial charge in [0.25, 0.3) is 0 Å². The number of β-amino-alcohol motifs (C(OH)–C–C–N with tert-alkyl or cyclic N) is 1. The lowest BCUT2D eigenvalue weighted by Gasteiger charge is -2.37. The number of anilines is 1. The van der Waals surface area contributed by atoms with Gasteiger partial charge in [-0.1, -0.05) is 25.1 Å². The van der Waals surface area contributed by atoms with Crippen molar-refractivity contribution in [3.05, 3.63) is 29.8 Å². The lowest BCUT2D eigenvalue weighted by atomic mass is 10.0. The minimum absolute atomic E-state index is 0.227. The van der Waals surface area contributed by atoms with E-state index in [-0.39, 0.29) is 12.7 Å². The minimum Gasteiger partial charge on any atom is -0.395 e. The molecule has 2 rings (SSSR count). The Morgan fingerprint density at radius 2 is 1.84 bits per heavy atom. The number of aliphatic hydroxyl groups is 2. The predicted molar refractivity (Wildman–Crippen MR) is 77.4 cm³/mol. The molecule has 1 aromatic carbocycles. The number of rotatable bonds is 5. The van der Waals surface area contributed by atoms with Crippen LogP contribution in [0.1, 0.15) is 25.0 Å². The van der Waals surface area contributed by atoms with Crippen molar-refractivity contribution in [2.75, 3.05) is 44.2 Å². The highest BCUT2D eigenvalue weighted by Gasteiger charge is 2.20. The van der Waals surface area contributed by atoms with Gasteiger partial charge < -0.3 is 15.1 Å². The van der Waals surface area contributed by atoms with Crippen LogP contribution in [-0.2, 0) is 0 Å². The van der Waals surface area contributed by atoms with Crippen LogP contribution >= 0.6 is 0 Å². The standard InChI is InChI=1S/C15H24N2O2/c1-2-15(19)13-5-3-4-6-14(13)17-9-7-16(8-10-17)11-12-18/h3-6,15,18-19H,2,7-12H2,1H3. The Bertz CT molecular complexity index is 389. The molecule has 1 aromatic rings. The molecule has 0 aromatic heterocycles. The number of nitrogens with zero attached hydrogens (tertiary/aromatic N) is 2. The van der Waals surface area contributed by atoms with Gasteiger partial charge in [0, 0.05) is 44.0 Å². The number of hydrogen-bond donors (Lipinski definition) is 2. The van der Waals surface area contributed by atoms with Crippen molar-refractivity contribution in [3.63, 3.8) is 0 Å². The molecule has 19 heavy (non-hydrogen) atoms. The zero-order valence-electron chi connectivity index (χ0n) is 11.6. The van der Waals surface area contributed by atoms with Crippen molar-refractivity contribution in [1.29, 1.82) is 0 Å². The lowest BCUT2D eigenvalue weighted by molar-refractivity contribution is 0.172. The number of para-hydroxylation sites is 1.